The molecule has 4 nitrogen and oxygen atoms in total. The van der Waals surface area contributed by atoms with E-state index in [1.165, 1.54) is 6.08 Å². The Morgan fingerprint density at radius 2 is 2.07 bits per heavy atom. The molecule has 2 saturated carbocycles. The van der Waals surface area contributed by atoms with Gasteiger partial charge in [0.1, 0.15) is 5.54 Å². The average molecular weight is 193 g/mol. The Bertz CT molecular complexity index is 379. The van der Waals surface area contributed by atoms with Gasteiger partial charge in [-0.25, -0.2) is 4.79 Å². The van der Waals surface area contributed by atoms with E-state index in [-0.39, 0.29) is 11.7 Å². The summed E-state index contributed by atoms with van der Waals surface area (Å²) in [5, 5.41) is 0. The number of carbonyl (C=O) groups excluding carboxylic acids is 3. The van der Waals surface area contributed by atoms with Gasteiger partial charge in [0.2, 0.25) is 17.6 Å². The van der Waals surface area contributed by atoms with Crippen LogP contribution in [0.1, 0.15) is 26.7 Å². The molecule has 4 heteroatoms. The lowest BCUT2D eigenvalue weighted by molar-refractivity contribution is -0.139. The molecule has 0 aromatic carbocycles. The van der Waals surface area contributed by atoms with Crippen LogP contribution in [0.25, 0.3) is 0 Å². The van der Waals surface area contributed by atoms with Gasteiger partial charge in [0.25, 0.3) is 0 Å². The van der Waals surface area contributed by atoms with Crippen LogP contribution in [-0.2, 0) is 14.4 Å². The van der Waals surface area contributed by atoms with E-state index in [4.69, 9.17) is 0 Å². The van der Waals surface area contributed by atoms with Crippen molar-refractivity contribution in [1.29, 1.82) is 0 Å². The zero-order valence-electron chi connectivity index (χ0n) is 8.16. The molecular formula is C10H11NO3. The Hall–Kier alpha value is -1.28. The van der Waals surface area contributed by atoms with Gasteiger partial charge in [-0.05, 0) is 12.8 Å². The molecule has 0 aliphatic heterocycles. The molecule has 0 N–H and O–H groups in total. The molecule has 0 spiro atoms. The second-order valence-corrected chi connectivity index (χ2v) is 4.57. The summed E-state index contributed by atoms with van der Waals surface area (Å²) in [5.74, 6) is -1.12. The number of nitrogens with zero attached hydrogens (tertiary/aromatic N) is 1. The van der Waals surface area contributed by atoms with Gasteiger partial charge < -0.3 is 0 Å². The predicted octanol–water partition coefficient (Wildman–Crippen LogP) is 0.649. The highest BCUT2D eigenvalue weighted by Crippen LogP contribution is 2.58. The number of hydrogen-bond acceptors (Lipinski definition) is 4. The minimum Gasteiger partial charge on any atom is -0.290 e. The van der Waals surface area contributed by atoms with Gasteiger partial charge in [-0.3, -0.25) is 9.59 Å². The van der Waals surface area contributed by atoms with E-state index in [0.717, 1.165) is 0 Å². The number of ketones is 2. The summed E-state index contributed by atoms with van der Waals surface area (Å²) in [6.07, 6.45) is 2.60. The zero-order valence-corrected chi connectivity index (χ0v) is 8.16. The summed E-state index contributed by atoms with van der Waals surface area (Å²) < 4.78 is 0. The molecule has 0 radical (unpaired) electrons. The van der Waals surface area contributed by atoms with Crippen molar-refractivity contribution in [3.8, 4) is 0 Å². The van der Waals surface area contributed by atoms with Crippen LogP contribution in [0.4, 0.5) is 0 Å². The summed E-state index contributed by atoms with van der Waals surface area (Å²) in [6, 6.07) is 0. The van der Waals surface area contributed by atoms with Crippen LogP contribution >= 0.6 is 0 Å². The van der Waals surface area contributed by atoms with Crippen molar-refractivity contribution in [2.24, 2.45) is 16.3 Å². The Morgan fingerprint density at radius 3 is 2.50 bits per heavy atom. The summed E-state index contributed by atoms with van der Waals surface area (Å²) in [5.41, 5.74) is -1.62. The van der Waals surface area contributed by atoms with Gasteiger partial charge in [-0.15, -0.1) is 0 Å². The lowest BCUT2D eigenvalue weighted by Crippen LogP contribution is -2.42. The van der Waals surface area contributed by atoms with Gasteiger partial charge >= 0.3 is 0 Å². The van der Waals surface area contributed by atoms with Crippen LogP contribution in [0.2, 0.25) is 0 Å². The average Bonchev–Trinajstić information content (AvgIpc) is 2.43. The number of Topliss-reactive ketones (excluding diaryl/α,β-unsaturated/α-hetero) is 2. The van der Waals surface area contributed by atoms with Crippen LogP contribution in [0.5, 0.6) is 0 Å². The molecule has 2 fully saturated rings. The molecule has 0 aromatic heterocycles. The molecule has 0 aromatic rings. The standard InChI is InChI=1S/C10H11NO3/c1-9(2)6-3-4-10(9,11-5-12)8(14)7(6)13/h6H,3-4H2,1-2H3/t6-,10-/m1/s1. The minimum absolute atomic E-state index is 0.257. The van der Waals surface area contributed by atoms with E-state index in [9.17, 15) is 14.4 Å². The fraction of sp³-hybridized carbons (Fsp3) is 0.700. The summed E-state index contributed by atoms with van der Waals surface area (Å²) in [7, 11) is 0. The Labute approximate surface area is 81.4 Å². The van der Waals surface area contributed by atoms with E-state index in [1.807, 2.05) is 13.8 Å². The molecule has 0 heterocycles. The first-order valence-corrected chi connectivity index (χ1v) is 4.65. The summed E-state index contributed by atoms with van der Waals surface area (Å²) >= 11 is 0. The lowest BCUT2D eigenvalue weighted by Gasteiger charge is -2.29. The predicted molar refractivity (Wildman–Crippen MR) is 47.4 cm³/mol. The van der Waals surface area contributed by atoms with E-state index in [1.54, 1.807) is 0 Å². The SMILES string of the molecule is CC1(C)[C@@H]2CC[C@@]1(N=C=O)C(=O)C2=O. The Kier molecular flexibility index (Phi) is 1.59. The lowest BCUT2D eigenvalue weighted by atomic mass is 9.76. The molecule has 74 valence electrons. The van der Waals surface area contributed by atoms with E-state index < -0.39 is 16.7 Å². The normalized spacial score (nSPS) is 38.6. The number of hydrogen-bond donors (Lipinski definition) is 0. The first kappa shape index (κ1) is 9.28. The first-order chi connectivity index (χ1) is 6.47. The number of fused-ring (bicyclic) bond motifs is 2. The van der Waals surface area contributed by atoms with Crippen LogP contribution in [0.15, 0.2) is 4.99 Å². The van der Waals surface area contributed by atoms with Crippen molar-refractivity contribution in [3.05, 3.63) is 0 Å². The van der Waals surface area contributed by atoms with Crippen molar-refractivity contribution < 1.29 is 14.4 Å². The van der Waals surface area contributed by atoms with Gasteiger partial charge in [0, 0.05) is 11.3 Å². The second kappa shape index (κ2) is 2.39. The summed E-state index contributed by atoms with van der Waals surface area (Å²) in [6.45, 7) is 3.66. The van der Waals surface area contributed by atoms with Crippen LogP contribution in [0, 0.1) is 11.3 Å². The molecule has 2 aliphatic rings. The maximum atomic E-state index is 11.7. The van der Waals surface area contributed by atoms with Crippen LogP contribution < -0.4 is 0 Å². The number of rotatable bonds is 1. The second-order valence-electron chi connectivity index (χ2n) is 4.57. The van der Waals surface area contributed by atoms with Crippen molar-refractivity contribution in [3.63, 3.8) is 0 Å². The van der Waals surface area contributed by atoms with Crippen molar-refractivity contribution in [2.45, 2.75) is 32.2 Å². The zero-order chi connectivity index (χ0) is 10.6. The smallest absolute Gasteiger partial charge is 0.236 e. The fourth-order valence-corrected chi connectivity index (χ4v) is 2.88. The molecule has 0 amide bonds. The first-order valence-electron chi connectivity index (χ1n) is 4.65. The molecular weight excluding hydrogens is 182 g/mol. The molecule has 14 heavy (non-hydrogen) atoms. The molecule has 2 atom stereocenters. The van der Waals surface area contributed by atoms with E-state index in [2.05, 4.69) is 4.99 Å². The maximum Gasteiger partial charge on any atom is 0.236 e. The minimum atomic E-state index is -1.10. The van der Waals surface area contributed by atoms with Crippen molar-refractivity contribution >= 4 is 17.6 Å². The quantitative estimate of drug-likeness (QED) is 0.349. The third-order valence-corrected chi connectivity index (χ3v) is 3.88. The highest BCUT2D eigenvalue weighted by atomic mass is 16.2. The highest BCUT2D eigenvalue weighted by molar-refractivity contribution is 6.45. The Morgan fingerprint density at radius 1 is 1.43 bits per heavy atom. The van der Waals surface area contributed by atoms with Crippen molar-refractivity contribution in [2.75, 3.05) is 0 Å². The van der Waals surface area contributed by atoms with Crippen molar-refractivity contribution in [1.82, 2.24) is 0 Å². The third kappa shape index (κ3) is 0.712. The fourth-order valence-electron chi connectivity index (χ4n) is 2.88. The summed E-state index contributed by atoms with van der Waals surface area (Å²) in [4.78, 5) is 37.1. The molecule has 0 unspecified atom stereocenters. The molecule has 0 saturated heterocycles. The third-order valence-electron chi connectivity index (χ3n) is 3.88. The molecule has 2 rings (SSSR count). The maximum absolute atomic E-state index is 11.7. The molecule has 2 bridgehead atoms. The van der Waals surface area contributed by atoms with Crippen LogP contribution in [-0.4, -0.2) is 23.2 Å². The van der Waals surface area contributed by atoms with Gasteiger partial charge in [-0.2, -0.15) is 4.99 Å². The Balaban J connectivity index is 2.64. The monoisotopic (exact) mass is 193 g/mol. The topological polar surface area (TPSA) is 63.6 Å². The van der Waals surface area contributed by atoms with E-state index >= 15 is 0 Å². The van der Waals surface area contributed by atoms with Crippen LogP contribution in [0.3, 0.4) is 0 Å². The number of aliphatic imine (C=N–C) groups is 1. The largest absolute Gasteiger partial charge is 0.290 e. The number of isocyanates is 1. The van der Waals surface area contributed by atoms with Gasteiger partial charge in [0.05, 0.1) is 0 Å². The molecule has 2 aliphatic carbocycles. The van der Waals surface area contributed by atoms with Gasteiger partial charge in [-0.1, -0.05) is 13.8 Å². The number of carbonyl (C=O) groups is 2. The van der Waals surface area contributed by atoms with Gasteiger partial charge in [0.15, 0.2) is 0 Å². The highest BCUT2D eigenvalue weighted by Gasteiger charge is 2.69. The van der Waals surface area contributed by atoms with E-state index in [0.29, 0.717) is 12.8 Å².